The summed E-state index contributed by atoms with van der Waals surface area (Å²) in [6.45, 7) is 0.525. The van der Waals surface area contributed by atoms with Crippen molar-refractivity contribution in [3.8, 4) is 11.6 Å². The SMILES string of the molecule is O=C(c1oc(-c2ccccn2)nc1C1CC1)N1CCc2[nH]cnc2[C@H]1c1cc2ccccc2cn1. The van der Waals surface area contributed by atoms with E-state index in [9.17, 15) is 4.79 Å². The van der Waals surface area contributed by atoms with E-state index in [1.165, 1.54) is 0 Å². The average molecular weight is 463 g/mol. The molecule has 8 heteroatoms. The Hall–Kier alpha value is -4.33. The molecule has 0 unspecified atom stereocenters. The molecule has 1 aromatic carbocycles. The van der Waals surface area contributed by atoms with Crippen molar-refractivity contribution in [2.24, 2.45) is 0 Å². The number of rotatable bonds is 4. The minimum atomic E-state index is -0.419. The normalized spacial score (nSPS) is 17.5. The van der Waals surface area contributed by atoms with Crippen LogP contribution in [0.4, 0.5) is 0 Å². The van der Waals surface area contributed by atoms with E-state index in [-0.39, 0.29) is 11.8 Å². The molecule has 2 aliphatic rings. The second kappa shape index (κ2) is 7.87. The molecule has 5 heterocycles. The van der Waals surface area contributed by atoms with Gasteiger partial charge in [-0.1, -0.05) is 30.3 Å². The fourth-order valence-electron chi connectivity index (χ4n) is 4.89. The summed E-state index contributed by atoms with van der Waals surface area (Å²) in [7, 11) is 0. The molecule has 0 spiro atoms. The van der Waals surface area contributed by atoms with Crippen molar-refractivity contribution in [2.75, 3.05) is 6.54 Å². The summed E-state index contributed by atoms with van der Waals surface area (Å²) in [5, 5.41) is 2.13. The van der Waals surface area contributed by atoms with Crippen LogP contribution in [0.1, 0.15) is 58.1 Å². The van der Waals surface area contributed by atoms with Crippen LogP contribution in [0, 0.1) is 0 Å². The summed E-state index contributed by atoms with van der Waals surface area (Å²) < 4.78 is 6.13. The van der Waals surface area contributed by atoms with Crippen LogP contribution in [0.2, 0.25) is 0 Å². The Morgan fingerprint density at radius 2 is 1.86 bits per heavy atom. The molecule has 7 rings (SSSR count). The van der Waals surface area contributed by atoms with Gasteiger partial charge < -0.3 is 14.3 Å². The van der Waals surface area contributed by atoms with Crippen molar-refractivity contribution in [3.05, 3.63) is 95.8 Å². The smallest absolute Gasteiger partial charge is 0.292 e. The van der Waals surface area contributed by atoms with Crippen LogP contribution in [0.5, 0.6) is 0 Å². The minimum Gasteiger partial charge on any atom is -0.429 e. The van der Waals surface area contributed by atoms with Gasteiger partial charge in [0.05, 0.1) is 23.4 Å². The van der Waals surface area contributed by atoms with Crippen molar-refractivity contribution in [3.63, 3.8) is 0 Å². The zero-order valence-electron chi connectivity index (χ0n) is 18.9. The number of carbonyl (C=O) groups excluding carboxylic acids is 1. The predicted octanol–water partition coefficient (Wildman–Crippen LogP) is 4.67. The molecule has 1 amide bonds. The largest absolute Gasteiger partial charge is 0.429 e. The van der Waals surface area contributed by atoms with Gasteiger partial charge in [-0.25, -0.2) is 9.97 Å². The monoisotopic (exact) mass is 462 g/mol. The lowest BCUT2D eigenvalue weighted by molar-refractivity contribution is 0.0654. The van der Waals surface area contributed by atoms with E-state index in [2.05, 4.69) is 21.0 Å². The first-order valence-corrected chi connectivity index (χ1v) is 11.9. The summed E-state index contributed by atoms with van der Waals surface area (Å²) in [6.07, 6.45) is 7.95. The van der Waals surface area contributed by atoms with E-state index >= 15 is 0 Å². The fraction of sp³-hybridized carbons (Fsp3) is 0.222. The van der Waals surface area contributed by atoms with E-state index < -0.39 is 6.04 Å². The van der Waals surface area contributed by atoms with Crippen molar-refractivity contribution in [1.29, 1.82) is 0 Å². The third-order valence-corrected chi connectivity index (χ3v) is 6.81. The highest BCUT2D eigenvalue weighted by Gasteiger charge is 2.40. The molecule has 5 aromatic rings. The number of fused-ring (bicyclic) bond motifs is 2. The first-order chi connectivity index (χ1) is 17.3. The second-order valence-electron chi connectivity index (χ2n) is 9.10. The number of nitrogens with one attached hydrogen (secondary N) is 1. The van der Waals surface area contributed by atoms with Gasteiger partial charge in [-0.2, -0.15) is 0 Å². The predicted molar refractivity (Wildman–Crippen MR) is 129 cm³/mol. The topological polar surface area (TPSA) is 101 Å². The molecule has 1 atom stereocenters. The number of aromatic nitrogens is 5. The molecule has 172 valence electrons. The molecule has 1 fully saturated rings. The highest BCUT2D eigenvalue weighted by atomic mass is 16.4. The molecule has 0 bridgehead atoms. The van der Waals surface area contributed by atoms with Gasteiger partial charge in [-0.3, -0.25) is 14.8 Å². The van der Waals surface area contributed by atoms with Gasteiger partial charge >= 0.3 is 0 Å². The van der Waals surface area contributed by atoms with Crippen molar-refractivity contribution in [2.45, 2.75) is 31.2 Å². The van der Waals surface area contributed by atoms with Crippen LogP contribution in [-0.4, -0.2) is 42.3 Å². The molecule has 1 aliphatic carbocycles. The van der Waals surface area contributed by atoms with E-state index in [4.69, 9.17) is 14.4 Å². The number of aromatic amines is 1. The Morgan fingerprint density at radius 3 is 2.69 bits per heavy atom. The van der Waals surface area contributed by atoms with Gasteiger partial charge in [0.15, 0.2) is 0 Å². The molecular formula is C27H22N6O2. The lowest BCUT2D eigenvalue weighted by Crippen LogP contribution is -2.41. The number of oxazole rings is 1. The van der Waals surface area contributed by atoms with Gasteiger partial charge in [0, 0.05) is 42.4 Å². The first-order valence-electron chi connectivity index (χ1n) is 11.9. The molecule has 35 heavy (non-hydrogen) atoms. The number of hydrogen-bond donors (Lipinski definition) is 1. The van der Waals surface area contributed by atoms with Crippen LogP contribution in [0.15, 0.2) is 71.7 Å². The van der Waals surface area contributed by atoms with E-state index in [0.717, 1.165) is 46.4 Å². The maximum Gasteiger partial charge on any atom is 0.292 e. The van der Waals surface area contributed by atoms with Crippen LogP contribution in [0.3, 0.4) is 0 Å². The summed E-state index contributed by atoms with van der Waals surface area (Å²) in [5.41, 5.74) is 3.98. The van der Waals surface area contributed by atoms with Gasteiger partial charge in [0.2, 0.25) is 11.7 Å². The highest BCUT2D eigenvalue weighted by Crippen LogP contribution is 2.43. The number of benzene rings is 1. The molecular weight excluding hydrogens is 440 g/mol. The fourth-order valence-corrected chi connectivity index (χ4v) is 4.89. The van der Waals surface area contributed by atoms with Crippen molar-refractivity contribution >= 4 is 16.7 Å². The molecule has 0 radical (unpaired) electrons. The first kappa shape index (κ1) is 20.1. The van der Waals surface area contributed by atoms with E-state index in [1.54, 1.807) is 12.5 Å². The van der Waals surface area contributed by atoms with Crippen molar-refractivity contribution < 1.29 is 9.21 Å². The van der Waals surface area contributed by atoms with Crippen LogP contribution in [0.25, 0.3) is 22.4 Å². The average Bonchev–Trinajstić information content (AvgIpc) is 3.47. The lowest BCUT2D eigenvalue weighted by Gasteiger charge is -2.34. The zero-order chi connectivity index (χ0) is 23.4. The second-order valence-corrected chi connectivity index (χ2v) is 9.10. The minimum absolute atomic E-state index is 0.185. The Morgan fingerprint density at radius 1 is 1.00 bits per heavy atom. The van der Waals surface area contributed by atoms with Gasteiger partial charge in [-0.15, -0.1) is 0 Å². The number of carbonyl (C=O) groups is 1. The number of hydrogen-bond acceptors (Lipinski definition) is 6. The Balaban J connectivity index is 1.33. The standard InChI is InChI=1S/C27H22N6O2/c34-27(25-22(16-8-9-16)32-26(35-25)20-7-3-4-11-28-20)33-12-10-19-23(31-15-30-19)24(33)21-13-17-5-1-2-6-18(17)14-29-21/h1-7,11,13-16,24H,8-10,12H2,(H,30,31)/t24-/m1/s1. The van der Waals surface area contributed by atoms with Crippen LogP contribution in [-0.2, 0) is 6.42 Å². The van der Waals surface area contributed by atoms with E-state index in [0.29, 0.717) is 30.3 Å². The Labute approximate surface area is 201 Å². The molecule has 0 saturated heterocycles. The number of imidazole rings is 1. The molecule has 1 aliphatic heterocycles. The van der Waals surface area contributed by atoms with Gasteiger partial charge in [0.25, 0.3) is 5.91 Å². The third-order valence-electron chi connectivity index (χ3n) is 6.81. The highest BCUT2D eigenvalue weighted by molar-refractivity contribution is 5.94. The number of H-pyrrole nitrogens is 1. The lowest BCUT2D eigenvalue weighted by atomic mass is 9.97. The number of pyridine rings is 2. The summed E-state index contributed by atoms with van der Waals surface area (Å²) in [4.78, 5) is 37.6. The Kier molecular flexibility index (Phi) is 4.51. The summed E-state index contributed by atoms with van der Waals surface area (Å²) >= 11 is 0. The molecule has 8 nitrogen and oxygen atoms in total. The molecule has 1 saturated carbocycles. The molecule has 4 aromatic heterocycles. The number of amides is 1. The zero-order valence-corrected chi connectivity index (χ0v) is 18.9. The van der Waals surface area contributed by atoms with Crippen LogP contribution < -0.4 is 0 Å². The van der Waals surface area contributed by atoms with Crippen molar-refractivity contribution in [1.82, 2.24) is 29.8 Å². The quantitative estimate of drug-likeness (QED) is 0.416. The third kappa shape index (κ3) is 3.41. The van der Waals surface area contributed by atoms with E-state index in [1.807, 2.05) is 53.6 Å². The maximum atomic E-state index is 14.1. The van der Waals surface area contributed by atoms with Crippen LogP contribution >= 0.6 is 0 Å². The summed E-state index contributed by atoms with van der Waals surface area (Å²) in [6, 6.07) is 15.3. The molecule has 1 N–H and O–H groups in total. The maximum absolute atomic E-state index is 14.1. The Bertz CT molecular complexity index is 1550. The number of nitrogens with zero attached hydrogens (tertiary/aromatic N) is 5. The van der Waals surface area contributed by atoms with Gasteiger partial charge in [0.1, 0.15) is 11.7 Å². The summed E-state index contributed by atoms with van der Waals surface area (Å²) in [5.74, 6) is 0.750. The van der Waals surface area contributed by atoms with Gasteiger partial charge in [-0.05, 0) is 36.4 Å².